The molecule has 2 N–H and O–H groups in total. The van der Waals surface area contributed by atoms with Crippen LogP contribution in [0.4, 0.5) is 0 Å². The number of rotatable bonds is 8. The van der Waals surface area contributed by atoms with Crippen LogP contribution in [-0.2, 0) is 4.74 Å². The monoisotopic (exact) mass is 358 g/mol. The lowest BCUT2D eigenvalue weighted by atomic mass is 10.4. The number of likely N-dealkylation sites (N-methyl/N-ethyl adjacent to an activating group) is 1. The molecule has 0 aromatic carbocycles. The Bertz CT molecular complexity index is 190. The number of hydrogen-bond acceptors (Lipinski definition) is 3. The highest BCUT2D eigenvalue weighted by molar-refractivity contribution is 14.0. The summed E-state index contributed by atoms with van der Waals surface area (Å²) in [6.45, 7) is 6.76. The lowest BCUT2D eigenvalue weighted by Crippen LogP contribution is -2.40. The van der Waals surface area contributed by atoms with Gasteiger partial charge in [0.05, 0.1) is 0 Å². The van der Waals surface area contributed by atoms with Crippen LogP contribution in [0, 0.1) is 0 Å². The van der Waals surface area contributed by atoms with Gasteiger partial charge in [-0.15, -0.1) is 24.0 Å². The summed E-state index contributed by atoms with van der Waals surface area (Å²) in [5.41, 5.74) is 0. The Kier molecular flexibility index (Phi) is 15.8. The molecule has 0 saturated heterocycles. The van der Waals surface area contributed by atoms with E-state index in [2.05, 4.69) is 34.5 Å². The van der Waals surface area contributed by atoms with Gasteiger partial charge in [-0.2, -0.15) is 0 Å². The number of nitrogens with one attached hydrogen (secondary N) is 2. The largest absolute Gasteiger partial charge is 0.385 e. The fourth-order valence-corrected chi connectivity index (χ4v) is 1.34. The molecule has 0 radical (unpaired) electrons. The van der Waals surface area contributed by atoms with Gasteiger partial charge in [-0.3, -0.25) is 4.99 Å². The molecule has 0 spiro atoms. The number of methoxy groups -OCH3 is 1. The highest BCUT2D eigenvalue weighted by Gasteiger charge is 1.99. The molecule has 17 heavy (non-hydrogen) atoms. The van der Waals surface area contributed by atoms with E-state index < -0.39 is 0 Å². The molecule has 0 atom stereocenters. The molecule has 5 nitrogen and oxygen atoms in total. The van der Waals surface area contributed by atoms with E-state index in [0.29, 0.717) is 0 Å². The first-order valence-corrected chi connectivity index (χ1v) is 5.86. The van der Waals surface area contributed by atoms with Gasteiger partial charge >= 0.3 is 0 Å². The second kappa shape index (κ2) is 14.0. The molecule has 0 bridgehead atoms. The molecular formula is C11H27IN4O. The minimum absolute atomic E-state index is 0. The molecule has 104 valence electrons. The van der Waals surface area contributed by atoms with Gasteiger partial charge in [0.2, 0.25) is 0 Å². The van der Waals surface area contributed by atoms with E-state index in [4.69, 9.17) is 4.74 Å². The molecule has 0 unspecified atom stereocenters. The van der Waals surface area contributed by atoms with Crippen LogP contribution in [0.5, 0.6) is 0 Å². The lowest BCUT2D eigenvalue weighted by Gasteiger charge is -2.17. The molecule has 0 saturated carbocycles. The van der Waals surface area contributed by atoms with Crippen LogP contribution < -0.4 is 10.6 Å². The summed E-state index contributed by atoms with van der Waals surface area (Å²) in [4.78, 5) is 6.39. The summed E-state index contributed by atoms with van der Waals surface area (Å²) in [6, 6.07) is 0. The standard InChI is InChI=1S/C11H26N4O.HI/c1-5-13-11(12-2)14-7-9-15(3)8-6-10-16-4;/h5-10H2,1-4H3,(H2,12,13,14);1H. The minimum Gasteiger partial charge on any atom is -0.385 e. The van der Waals surface area contributed by atoms with Crippen LogP contribution in [0.2, 0.25) is 0 Å². The smallest absolute Gasteiger partial charge is 0.191 e. The Hall–Kier alpha value is -0.0800. The average Bonchev–Trinajstić information content (AvgIpc) is 2.28. The first-order chi connectivity index (χ1) is 7.74. The number of aliphatic imine (C=N–C) groups is 1. The van der Waals surface area contributed by atoms with Crippen molar-refractivity contribution in [3.8, 4) is 0 Å². The summed E-state index contributed by atoms with van der Waals surface area (Å²) in [7, 11) is 5.64. The minimum atomic E-state index is 0. The van der Waals surface area contributed by atoms with Gasteiger partial charge in [0.25, 0.3) is 0 Å². The second-order valence-corrected chi connectivity index (χ2v) is 3.68. The summed E-state index contributed by atoms with van der Waals surface area (Å²) < 4.78 is 5.01. The summed E-state index contributed by atoms with van der Waals surface area (Å²) in [5, 5.41) is 6.42. The van der Waals surface area contributed by atoms with E-state index in [1.165, 1.54) is 0 Å². The van der Waals surface area contributed by atoms with Crippen molar-refractivity contribution in [2.45, 2.75) is 13.3 Å². The van der Waals surface area contributed by atoms with Gasteiger partial charge in [0, 0.05) is 46.9 Å². The topological polar surface area (TPSA) is 48.9 Å². The Balaban J connectivity index is 0. The van der Waals surface area contributed by atoms with Crippen LogP contribution in [-0.4, -0.2) is 64.9 Å². The van der Waals surface area contributed by atoms with Crippen molar-refractivity contribution in [2.75, 3.05) is 54.0 Å². The molecule has 0 heterocycles. The summed E-state index contributed by atoms with van der Waals surface area (Å²) in [5.74, 6) is 0.868. The van der Waals surface area contributed by atoms with Crippen LogP contribution in [0.3, 0.4) is 0 Å². The second-order valence-electron chi connectivity index (χ2n) is 3.68. The third-order valence-electron chi connectivity index (χ3n) is 2.24. The van der Waals surface area contributed by atoms with Gasteiger partial charge in [-0.1, -0.05) is 0 Å². The van der Waals surface area contributed by atoms with E-state index in [9.17, 15) is 0 Å². The lowest BCUT2D eigenvalue weighted by molar-refractivity contribution is 0.180. The zero-order valence-electron chi connectivity index (χ0n) is 11.5. The number of halogens is 1. The zero-order valence-corrected chi connectivity index (χ0v) is 13.8. The van der Waals surface area contributed by atoms with Crippen molar-refractivity contribution in [1.29, 1.82) is 0 Å². The van der Waals surface area contributed by atoms with Crippen molar-refractivity contribution < 1.29 is 4.74 Å². The predicted octanol–water partition coefficient (Wildman–Crippen LogP) is 0.758. The fraction of sp³-hybridized carbons (Fsp3) is 0.909. The van der Waals surface area contributed by atoms with Gasteiger partial charge in [-0.25, -0.2) is 0 Å². The van der Waals surface area contributed by atoms with Crippen molar-refractivity contribution in [2.24, 2.45) is 4.99 Å². The predicted molar refractivity (Wildman–Crippen MR) is 84.4 cm³/mol. The van der Waals surface area contributed by atoms with E-state index in [1.807, 2.05) is 0 Å². The van der Waals surface area contributed by atoms with Crippen molar-refractivity contribution in [3.05, 3.63) is 0 Å². The normalized spacial score (nSPS) is 11.2. The van der Waals surface area contributed by atoms with E-state index in [0.717, 1.165) is 45.2 Å². The van der Waals surface area contributed by atoms with E-state index in [-0.39, 0.29) is 24.0 Å². The highest BCUT2D eigenvalue weighted by atomic mass is 127. The van der Waals surface area contributed by atoms with Crippen LogP contribution in [0.1, 0.15) is 13.3 Å². The van der Waals surface area contributed by atoms with Gasteiger partial charge in [0.15, 0.2) is 5.96 Å². The Morgan fingerprint density at radius 3 is 2.53 bits per heavy atom. The molecular weight excluding hydrogens is 331 g/mol. The Labute approximate surface area is 122 Å². The van der Waals surface area contributed by atoms with Crippen molar-refractivity contribution in [1.82, 2.24) is 15.5 Å². The maximum atomic E-state index is 5.01. The molecule has 0 aliphatic heterocycles. The maximum Gasteiger partial charge on any atom is 0.191 e. The number of hydrogen-bond donors (Lipinski definition) is 2. The molecule has 6 heteroatoms. The zero-order chi connectivity index (χ0) is 12.2. The van der Waals surface area contributed by atoms with Crippen molar-refractivity contribution in [3.63, 3.8) is 0 Å². The third-order valence-corrected chi connectivity index (χ3v) is 2.24. The maximum absolute atomic E-state index is 5.01. The van der Waals surface area contributed by atoms with E-state index in [1.54, 1.807) is 14.2 Å². The van der Waals surface area contributed by atoms with Crippen LogP contribution >= 0.6 is 24.0 Å². The number of ether oxygens (including phenoxy) is 1. The molecule has 0 aliphatic rings. The van der Waals surface area contributed by atoms with Crippen LogP contribution in [0.15, 0.2) is 4.99 Å². The molecule has 0 rings (SSSR count). The fourth-order valence-electron chi connectivity index (χ4n) is 1.34. The molecule has 0 aromatic rings. The van der Waals surface area contributed by atoms with E-state index >= 15 is 0 Å². The number of guanidine groups is 1. The average molecular weight is 358 g/mol. The first-order valence-electron chi connectivity index (χ1n) is 5.86. The Morgan fingerprint density at radius 1 is 1.29 bits per heavy atom. The summed E-state index contributed by atoms with van der Waals surface area (Å²) in [6.07, 6.45) is 1.08. The molecule has 0 amide bonds. The third kappa shape index (κ3) is 12.2. The number of nitrogens with zero attached hydrogens (tertiary/aromatic N) is 2. The van der Waals surface area contributed by atoms with Gasteiger partial charge in [-0.05, 0) is 20.4 Å². The summed E-state index contributed by atoms with van der Waals surface area (Å²) >= 11 is 0. The first kappa shape index (κ1) is 19.3. The molecule has 0 aliphatic carbocycles. The molecule has 0 aromatic heterocycles. The van der Waals surface area contributed by atoms with Gasteiger partial charge < -0.3 is 20.3 Å². The Morgan fingerprint density at radius 2 is 2.00 bits per heavy atom. The van der Waals surface area contributed by atoms with Gasteiger partial charge in [0.1, 0.15) is 0 Å². The molecule has 0 fully saturated rings. The highest BCUT2D eigenvalue weighted by Crippen LogP contribution is 1.86. The quantitative estimate of drug-likeness (QED) is 0.291. The van der Waals surface area contributed by atoms with Crippen molar-refractivity contribution >= 4 is 29.9 Å². The van der Waals surface area contributed by atoms with Crippen LogP contribution in [0.25, 0.3) is 0 Å². The SMILES string of the molecule is CCNC(=NC)NCCN(C)CCCOC.I.